The predicted octanol–water partition coefficient (Wildman–Crippen LogP) is 1.66. The molecule has 182 valence electrons. The van der Waals surface area contributed by atoms with Crippen LogP contribution >= 0.6 is 11.8 Å². The molecule has 3 aliphatic heterocycles. The maximum absolute atomic E-state index is 13.0. The van der Waals surface area contributed by atoms with Crippen LogP contribution in [-0.4, -0.2) is 70.8 Å². The topological polar surface area (TPSA) is 131 Å². The summed E-state index contributed by atoms with van der Waals surface area (Å²) in [4.78, 5) is 51.2. The number of nitrogens with one attached hydrogen (secondary N) is 1. The van der Waals surface area contributed by atoms with Crippen molar-refractivity contribution in [3.05, 3.63) is 10.6 Å². The van der Waals surface area contributed by atoms with Gasteiger partial charge in [0.2, 0.25) is 18.6 Å². The second kappa shape index (κ2) is 9.92. The molecule has 10 nitrogen and oxygen atoms in total. The highest BCUT2D eigenvalue weighted by molar-refractivity contribution is 8.03. The van der Waals surface area contributed by atoms with Crippen molar-refractivity contribution in [1.82, 2.24) is 10.2 Å². The molecule has 1 aliphatic carbocycles. The van der Waals surface area contributed by atoms with Gasteiger partial charge in [-0.3, -0.25) is 9.59 Å². The van der Waals surface area contributed by atoms with Gasteiger partial charge in [0.15, 0.2) is 0 Å². The molecule has 1 saturated carbocycles. The monoisotopic (exact) mass is 482 g/mol. The van der Waals surface area contributed by atoms with Crippen LogP contribution < -0.4 is 5.32 Å². The molecule has 4 aliphatic rings. The Morgan fingerprint density at radius 2 is 1.94 bits per heavy atom. The molecular formula is C22H30N2O8S. The first-order valence-corrected chi connectivity index (χ1v) is 12.3. The van der Waals surface area contributed by atoms with Crippen LogP contribution in [-0.2, 0) is 28.6 Å². The minimum absolute atomic E-state index is 0.0611. The average Bonchev–Trinajstić information content (AvgIpc) is 3.28. The van der Waals surface area contributed by atoms with Crippen molar-refractivity contribution in [3.8, 4) is 0 Å². The number of carbonyl (C=O) groups excluding carboxylic acids is 4. The Labute approximate surface area is 196 Å². The van der Waals surface area contributed by atoms with E-state index in [0.717, 1.165) is 32.1 Å². The minimum atomic E-state index is -0.888. The molecule has 0 aromatic rings. The van der Waals surface area contributed by atoms with Gasteiger partial charge in [-0.1, -0.05) is 13.3 Å². The summed E-state index contributed by atoms with van der Waals surface area (Å²) < 4.78 is 15.3. The summed E-state index contributed by atoms with van der Waals surface area (Å²) in [6, 6.07) is -0.357. The zero-order chi connectivity index (χ0) is 23.7. The zero-order valence-electron chi connectivity index (χ0n) is 18.8. The number of amides is 2. The average molecular weight is 483 g/mol. The fourth-order valence-corrected chi connectivity index (χ4v) is 6.47. The van der Waals surface area contributed by atoms with Crippen molar-refractivity contribution in [3.63, 3.8) is 0 Å². The number of carbonyl (C=O) groups is 4. The van der Waals surface area contributed by atoms with Crippen molar-refractivity contribution < 1.29 is 38.5 Å². The van der Waals surface area contributed by atoms with Gasteiger partial charge in [0.1, 0.15) is 11.8 Å². The normalized spacial score (nSPS) is 30.5. The Kier molecular flexibility index (Phi) is 7.18. The van der Waals surface area contributed by atoms with Crippen LogP contribution in [0.25, 0.3) is 0 Å². The lowest BCUT2D eigenvalue weighted by molar-refractivity contribution is -0.167. The van der Waals surface area contributed by atoms with Gasteiger partial charge in [-0.25, -0.2) is 9.59 Å². The number of aliphatic hydroxyl groups is 1. The second-order valence-electron chi connectivity index (χ2n) is 9.04. The van der Waals surface area contributed by atoms with Gasteiger partial charge >= 0.3 is 12.1 Å². The van der Waals surface area contributed by atoms with E-state index in [1.54, 1.807) is 6.92 Å². The summed E-state index contributed by atoms with van der Waals surface area (Å²) >= 11 is 1.38. The minimum Gasteiger partial charge on any atom is -0.431 e. The molecule has 2 saturated heterocycles. The van der Waals surface area contributed by atoms with Crippen LogP contribution in [0.3, 0.4) is 0 Å². The van der Waals surface area contributed by atoms with Gasteiger partial charge in [-0.2, -0.15) is 0 Å². The number of β-lactam (4-membered cyclic amide) rings is 1. The smallest absolute Gasteiger partial charge is 0.431 e. The first kappa shape index (κ1) is 23.9. The van der Waals surface area contributed by atoms with Crippen LogP contribution in [0.15, 0.2) is 10.6 Å². The zero-order valence-corrected chi connectivity index (χ0v) is 19.6. The highest BCUT2D eigenvalue weighted by Crippen LogP contribution is 2.51. The Bertz CT molecular complexity index is 853. The molecule has 0 radical (unpaired) electrons. The molecule has 3 heterocycles. The second-order valence-corrected chi connectivity index (χ2v) is 10.4. The van der Waals surface area contributed by atoms with Gasteiger partial charge in [-0.15, -0.1) is 11.8 Å². The molecule has 0 spiro atoms. The number of thioether (sulfide) groups is 1. The number of hydrogen-bond acceptors (Lipinski definition) is 9. The number of nitrogens with zero attached hydrogens (tertiary/aromatic N) is 1. The highest BCUT2D eigenvalue weighted by Gasteiger charge is 2.60. The maximum Gasteiger partial charge on any atom is 0.511 e. The first-order chi connectivity index (χ1) is 15.8. The lowest BCUT2D eigenvalue weighted by Crippen LogP contribution is -2.63. The van der Waals surface area contributed by atoms with Gasteiger partial charge in [-0.05, 0) is 32.6 Å². The summed E-state index contributed by atoms with van der Waals surface area (Å²) in [5, 5.41) is 12.8. The predicted molar refractivity (Wildman–Crippen MR) is 116 cm³/mol. The molecule has 0 aromatic carbocycles. The van der Waals surface area contributed by atoms with Crippen LogP contribution in [0.5, 0.6) is 0 Å². The number of fused-ring (bicyclic) bond motifs is 1. The first-order valence-electron chi connectivity index (χ1n) is 11.5. The summed E-state index contributed by atoms with van der Waals surface area (Å²) in [5.74, 6) is -2.00. The molecule has 5 atom stereocenters. The lowest BCUT2D eigenvalue weighted by Gasteiger charge is -2.46. The van der Waals surface area contributed by atoms with Gasteiger partial charge < -0.3 is 29.5 Å². The number of esters is 1. The Morgan fingerprint density at radius 1 is 1.21 bits per heavy atom. The lowest BCUT2D eigenvalue weighted by atomic mass is 9.79. The van der Waals surface area contributed by atoms with Crippen LogP contribution in [0.4, 0.5) is 4.79 Å². The number of rotatable bonds is 7. The van der Waals surface area contributed by atoms with E-state index in [4.69, 9.17) is 14.2 Å². The third kappa shape index (κ3) is 4.84. The molecule has 1 unspecified atom stereocenters. The van der Waals surface area contributed by atoms with E-state index in [0.29, 0.717) is 17.9 Å². The molecule has 33 heavy (non-hydrogen) atoms. The van der Waals surface area contributed by atoms with Gasteiger partial charge in [0.05, 0.1) is 18.1 Å². The van der Waals surface area contributed by atoms with Gasteiger partial charge in [0.25, 0.3) is 0 Å². The van der Waals surface area contributed by atoms with E-state index in [1.165, 1.54) is 16.7 Å². The Morgan fingerprint density at radius 3 is 2.58 bits per heavy atom. The van der Waals surface area contributed by atoms with Crippen LogP contribution in [0.2, 0.25) is 0 Å². The van der Waals surface area contributed by atoms with E-state index in [2.05, 4.69) is 5.32 Å². The molecular weight excluding hydrogens is 452 g/mol. The standard InChI is InChI=1S/C22H30N2O8S/c1-11-17-16(12(2)25)20(27)24(17)18(19(11)33-14-8-15(26)23-9-14)21(28)30-10-31-22(29)32-13-6-4-3-5-7-13/h11-14,16-17,25H,3-10H2,1-2H3,(H,23,26)/t11-,12-,14?,16-,17-/m1/s1. The van der Waals surface area contributed by atoms with Crippen molar-refractivity contribution in [2.45, 2.75) is 75.9 Å². The third-order valence-electron chi connectivity index (χ3n) is 6.72. The van der Waals surface area contributed by atoms with Crippen molar-refractivity contribution >= 4 is 35.7 Å². The van der Waals surface area contributed by atoms with E-state index in [1.807, 2.05) is 6.92 Å². The van der Waals surface area contributed by atoms with E-state index in [9.17, 15) is 24.3 Å². The maximum atomic E-state index is 13.0. The van der Waals surface area contributed by atoms with E-state index < -0.39 is 30.9 Å². The molecule has 0 aromatic heterocycles. The SMILES string of the molecule is C[C@@H](O)[C@H]1C(=O)N2C(C(=O)OCOC(=O)OC3CCCCC3)=C(SC3CNC(=O)C3)[C@H](C)[C@H]12. The van der Waals surface area contributed by atoms with Crippen molar-refractivity contribution in [2.75, 3.05) is 13.3 Å². The van der Waals surface area contributed by atoms with Crippen LogP contribution in [0.1, 0.15) is 52.4 Å². The number of hydrogen-bond donors (Lipinski definition) is 2. The summed E-state index contributed by atoms with van der Waals surface area (Å²) in [5.41, 5.74) is 0.1000. The Hall–Kier alpha value is -2.27. The molecule has 2 N–H and O–H groups in total. The summed E-state index contributed by atoms with van der Waals surface area (Å²) in [6.45, 7) is 3.29. The summed E-state index contributed by atoms with van der Waals surface area (Å²) in [7, 11) is 0. The Balaban J connectivity index is 1.41. The van der Waals surface area contributed by atoms with Gasteiger partial charge in [0, 0.05) is 29.0 Å². The molecule has 0 bridgehead atoms. The summed E-state index contributed by atoms with van der Waals surface area (Å²) in [6.07, 6.45) is 3.11. The van der Waals surface area contributed by atoms with E-state index in [-0.39, 0.29) is 40.8 Å². The van der Waals surface area contributed by atoms with Crippen molar-refractivity contribution in [1.29, 1.82) is 0 Å². The largest absolute Gasteiger partial charge is 0.511 e. The fraction of sp³-hybridized carbons (Fsp3) is 0.727. The molecule has 11 heteroatoms. The van der Waals surface area contributed by atoms with Crippen molar-refractivity contribution in [2.24, 2.45) is 11.8 Å². The number of ether oxygens (including phenoxy) is 3. The highest BCUT2D eigenvalue weighted by atomic mass is 32.2. The third-order valence-corrected chi connectivity index (χ3v) is 8.20. The van der Waals surface area contributed by atoms with Crippen LogP contribution in [0, 0.1) is 11.8 Å². The quantitative estimate of drug-likeness (QED) is 0.316. The fourth-order valence-electron chi connectivity index (χ4n) is 5.06. The number of aliphatic hydroxyl groups excluding tert-OH is 1. The molecule has 4 rings (SSSR count). The molecule has 3 fully saturated rings. The molecule has 2 amide bonds. The van der Waals surface area contributed by atoms with E-state index >= 15 is 0 Å².